The molecule has 11 bridgehead atoms. The van der Waals surface area contributed by atoms with Crippen LogP contribution in [0.15, 0.2) is 78.9 Å². The number of aliphatic hydroxyl groups excluding tert-OH is 2. The molecule has 5 heterocycles. The molecule has 10 rings (SSSR count). The van der Waals surface area contributed by atoms with E-state index in [4.69, 9.17) is 52.6 Å². The van der Waals surface area contributed by atoms with Gasteiger partial charge in [-0.2, -0.15) is 0 Å². The van der Waals surface area contributed by atoms with Crippen LogP contribution in [-0.2, 0) is 33.6 Å². The highest BCUT2D eigenvalue weighted by Gasteiger charge is 2.42. The zero-order valence-electron chi connectivity index (χ0n) is 46.2. The molecule has 25 heteroatoms. The molecule has 0 unspecified atom stereocenters. The van der Waals surface area contributed by atoms with Crippen LogP contribution in [-0.4, -0.2) is 115 Å². The molecule has 0 radical (unpaired) electrons. The molecule has 438 valence electrons. The number of fused-ring (bicyclic) bond motifs is 15. The van der Waals surface area contributed by atoms with Gasteiger partial charge in [-0.25, -0.2) is 0 Å². The summed E-state index contributed by atoms with van der Waals surface area (Å²) in [6.07, 6.45) is -5.86. The minimum atomic E-state index is -2.29. The number of halogens is 2. The number of nitrogens with two attached hydrogens (primary N) is 1. The second-order valence-corrected chi connectivity index (χ2v) is 21.8. The fourth-order valence-electron chi connectivity index (χ4n) is 10.6. The standard InChI is InChI=1S/C58H63BCl2N6O16/c1-25(2)14-37(63-4)57(75)65-49-38(68)20-31(23-46(62)70)55(73)64-48-30-21-44(82-41-12-9-28(51(49)71)18-35(41)60)53(81-7)45(22-30)83-42-13-10-29(19-36(42)61)52(72)50-58(76)67-54(59(77)78)34-15-26(3)16-43(80-6)47(34)33-17-27(8-11-40(33)79-5)32(24-39(48)69)56(74)66-50/h8-13,15-19,21-22,25,31-32,37,48-52,54,63,71-72,77-78H,14,20,23-24H2,1-7H3,(H2,62,70)(H,64,73)(H,65,75)(H,66,74)(H,67,76)/t31-,32+,37-,48+,49-,50-,51+,52+,54+/m0/s1. The number of hydrogen-bond donors (Lipinski definition) is 10. The Labute approximate surface area is 487 Å². The molecule has 5 amide bonds. The van der Waals surface area contributed by atoms with Crippen LogP contribution in [0, 0.1) is 18.8 Å². The molecule has 0 aromatic heterocycles. The Balaban J connectivity index is 1.39. The largest absolute Gasteiger partial charge is 0.496 e. The van der Waals surface area contributed by atoms with Crippen molar-refractivity contribution in [2.75, 3.05) is 28.4 Å². The molecule has 83 heavy (non-hydrogen) atoms. The van der Waals surface area contributed by atoms with Gasteiger partial charge in [-0.3, -0.25) is 33.6 Å². The van der Waals surface area contributed by atoms with Gasteiger partial charge < -0.3 is 76.3 Å². The number of ketones is 2. The molecule has 0 saturated carbocycles. The smallest absolute Gasteiger partial charge is 0.480 e. The lowest BCUT2D eigenvalue weighted by Gasteiger charge is -2.31. The summed E-state index contributed by atoms with van der Waals surface area (Å²) in [6.45, 7) is 5.48. The van der Waals surface area contributed by atoms with Crippen LogP contribution >= 0.6 is 23.2 Å². The number of primary amides is 1. The normalized spacial score (nSPS) is 22.2. The summed E-state index contributed by atoms with van der Waals surface area (Å²) in [5.74, 6) is -12.0. The number of rotatable bonds is 11. The lowest BCUT2D eigenvalue weighted by molar-refractivity contribution is -0.137. The number of benzene rings is 5. The summed E-state index contributed by atoms with van der Waals surface area (Å²) < 4.78 is 30.4. The van der Waals surface area contributed by atoms with Gasteiger partial charge in [-0.1, -0.05) is 61.3 Å². The minimum Gasteiger partial charge on any atom is -0.496 e. The Bertz CT molecular complexity index is 3380. The first-order valence-corrected chi connectivity index (χ1v) is 27.2. The highest BCUT2D eigenvalue weighted by molar-refractivity contribution is 6.44. The van der Waals surface area contributed by atoms with Crippen LogP contribution < -0.4 is 56.0 Å². The average molecular weight is 1180 g/mol. The van der Waals surface area contributed by atoms with Crippen LogP contribution in [0.3, 0.4) is 0 Å². The highest BCUT2D eigenvalue weighted by atomic mass is 35.5. The maximum absolute atomic E-state index is 15.8. The Kier molecular flexibility index (Phi) is 19.1. The predicted octanol–water partition coefficient (Wildman–Crippen LogP) is 4.81. The quantitative estimate of drug-likeness (QED) is 0.0793. The van der Waals surface area contributed by atoms with Gasteiger partial charge in [0.1, 0.15) is 53.3 Å². The van der Waals surface area contributed by atoms with Gasteiger partial charge in [-0.05, 0) is 114 Å². The summed E-state index contributed by atoms with van der Waals surface area (Å²) >= 11 is 13.8. The monoisotopic (exact) mass is 1180 g/mol. The third-order valence-electron chi connectivity index (χ3n) is 14.8. The summed E-state index contributed by atoms with van der Waals surface area (Å²) in [4.78, 5) is 102. The van der Waals surface area contributed by atoms with Gasteiger partial charge in [0.25, 0.3) is 0 Å². The summed E-state index contributed by atoms with van der Waals surface area (Å²) in [6, 6.07) is 11.9. The number of amides is 5. The Morgan fingerprint density at radius 2 is 1.34 bits per heavy atom. The molecule has 11 N–H and O–H groups in total. The molecule has 0 fully saturated rings. The van der Waals surface area contributed by atoms with Crippen molar-refractivity contribution in [3.05, 3.63) is 122 Å². The van der Waals surface area contributed by atoms with Crippen LogP contribution in [0.25, 0.3) is 11.1 Å². The number of likely N-dealkylation sites (N-methyl/N-ethyl adjacent to an activating group) is 1. The van der Waals surface area contributed by atoms with Crippen molar-refractivity contribution in [3.63, 3.8) is 0 Å². The van der Waals surface area contributed by atoms with Crippen LogP contribution in [0.2, 0.25) is 10.0 Å². The first-order valence-electron chi connectivity index (χ1n) is 26.4. The van der Waals surface area contributed by atoms with E-state index >= 15 is 14.4 Å². The SMILES string of the molecule is CN[C@@H](CC(C)C)C(=O)N[C@H]1C(=O)C[C@@H](CC(N)=O)C(=O)N[C@H]2C(=O)C[C@H]3C(=O)N[C@H](C(=O)N[C@@H](B(O)O)c4cc(C)cc(OC)c4-c4cc3ccc4OC)[C@H](O)c3ccc(c(Cl)c3)Oc3cc2cc(c3OC)Oc2ccc(cc2Cl)[C@H]1O. The van der Waals surface area contributed by atoms with E-state index in [0.717, 1.165) is 0 Å². The fraction of sp³-hybridized carbons (Fsp3) is 0.362. The van der Waals surface area contributed by atoms with Gasteiger partial charge in [0, 0.05) is 30.4 Å². The van der Waals surface area contributed by atoms with E-state index in [-0.39, 0.29) is 95.2 Å². The van der Waals surface area contributed by atoms with Crippen LogP contribution in [0.5, 0.6) is 40.2 Å². The zero-order chi connectivity index (χ0) is 60.3. The first kappa shape index (κ1) is 61.3. The second-order valence-electron chi connectivity index (χ2n) is 21.0. The van der Waals surface area contributed by atoms with Crippen molar-refractivity contribution < 1.29 is 77.5 Å². The molecule has 5 aromatic carbocycles. The second kappa shape index (κ2) is 25.8. The summed E-state index contributed by atoms with van der Waals surface area (Å²) in [7, 11) is 3.27. The van der Waals surface area contributed by atoms with E-state index in [2.05, 4.69) is 26.6 Å². The molecular weight excluding hydrogens is 1120 g/mol. The first-order chi connectivity index (χ1) is 39.4. The maximum atomic E-state index is 15.8. The minimum absolute atomic E-state index is 0.0134. The Hall–Kier alpha value is -7.77. The Morgan fingerprint density at radius 1 is 0.723 bits per heavy atom. The number of hydrogen-bond acceptors (Lipinski definition) is 17. The summed E-state index contributed by atoms with van der Waals surface area (Å²) in [5.41, 5.74) is 6.82. The topological polar surface area (TPSA) is 333 Å². The zero-order valence-corrected chi connectivity index (χ0v) is 47.7. The van der Waals surface area contributed by atoms with Gasteiger partial charge in [0.05, 0.1) is 55.2 Å². The third-order valence-corrected chi connectivity index (χ3v) is 15.4. The number of carbonyl (C=O) groups excluding carboxylic acids is 7. The molecular formula is C58H63BCl2N6O16. The number of Topliss-reactive ketones (excluding diaryl/α,β-unsaturated/α-hetero) is 2. The third kappa shape index (κ3) is 13.2. The van der Waals surface area contributed by atoms with E-state index < -0.39 is 122 Å². The number of carbonyl (C=O) groups is 7. The van der Waals surface area contributed by atoms with Gasteiger partial charge >= 0.3 is 7.12 Å². The van der Waals surface area contributed by atoms with E-state index in [9.17, 15) is 39.4 Å². The Morgan fingerprint density at radius 3 is 1.89 bits per heavy atom. The number of aliphatic hydroxyl groups is 2. The fourth-order valence-corrected chi connectivity index (χ4v) is 11.0. The molecule has 9 atom stereocenters. The number of nitrogens with one attached hydrogen (secondary N) is 5. The molecule has 5 aliphatic heterocycles. The van der Waals surface area contributed by atoms with Gasteiger partial charge in [-0.15, -0.1) is 0 Å². The van der Waals surface area contributed by atoms with Crippen molar-refractivity contribution in [2.45, 2.75) is 94.7 Å². The highest BCUT2D eigenvalue weighted by Crippen LogP contribution is 2.49. The van der Waals surface area contributed by atoms with Crippen molar-refractivity contribution in [1.29, 1.82) is 0 Å². The molecule has 22 nitrogen and oxygen atoms in total. The molecule has 5 aliphatic rings. The van der Waals surface area contributed by atoms with Gasteiger partial charge in [0.15, 0.2) is 23.1 Å². The molecule has 0 spiro atoms. The molecule has 0 saturated heterocycles. The van der Waals surface area contributed by atoms with E-state index in [1.807, 2.05) is 13.8 Å². The van der Waals surface area contributed by atoms with Crippen molar-refractivity contribution in [3.8, 4) is 51.4 Å². The number of methoxy groups -OCH3 is 3. The summed E-state index contributed by atoms with van der Waals surface area (Å²) in [5, 5.41) is 59.5. The maximum Gasteiger partial charge on any atom is 0.480 e. The van der Waals surface area contributed by atoms with Crippen LogP contribution in [0.4, 0.5) is 0 Å². The van der Waals surface area contributed by atoms with E-state index in [1.54, 1.807) is 26.1 Å². The van der Waals surface area contributed by atoms with Crippen LogP contribution in [0.1, 0.15) is 103 Å². The van der Waals surface area contributed by atoms with Crippen molar-refractivity contribution in [2.24, 2.45) is 17.6 Å². The van der Waals surface area contributed by atoms with E-state index in [1.165, 1.54) is 88.1 Å². The molecule has 0 aliphatic carbocycles. The lowest BCUT2D eigenvalue weighted by atomic mass is 9.72. The lowest BCUT2D eigenvalue weighted by Crippen LogP contribution is -2.54. The van der Waals surface area contributed by atoms with Crippen molar-refractivity contribution >= 4 is 71.4 Å². The van der Waals surface area contributed by atoms with E-state index in [0.29, 0.717) is 12.0 Å². The molecule has 5 aromatic rings. The number of ether oxygens (including phenoxy) is 5. The van der Waals surface area contributed by atoms with Gasteiger partial charge in [0.2, 0.25) is 35.3 Å². The van der Waals surface area contributed by atoms with Crippen molar-refractivity contribution in [1.82, 2.24) is 26.6 Å². The average Bonchev–Trinajstić information content (AvgIpc) is 2.88. The number of aryl methyl sites for hydroxylation is 1. The predicted molar refractivity (Wildman–Crippen MR) is 303 cm³/mol.